The summed E-state index contributed by atoms with van der Waals surface area (Å²) in [6.07, 6.45) is 1.04. The monoisotopic (exact) mass is 339 g/mol. The van der Waals surface area contributed by atoms with Crippen LogP contribution in [0.2, 0.25) is 0 Å². The second-order valence-electron chi connectivity index (χ2n) is 4.53. The number of thiophene rings is 1. The molecule has 0 fully saturated rings. The number of likely N-dealkylation sites (N-methyl/N-ethyl adjacent to an activating group) is 1. The summed E-state index contributed by atoms with van der Waals surface area (Å²) in [5.41, 5.74) is 1.33. The first-order valence-corrected chi connectivity index (χ1v) is 7.91. The lowest BCUT2D eigenvalue weighted by molar-refractivity contribution is 0.309. The lowest BCUT2D eigenvalue weighted by Crippen LogP contribution is -2.23. The Labute approximate surface area is 126 Å². The molecule has 0 bridgehead atoms. The van der Waals surface area contributed by atoms with Gasteiger partial charge in [0.25, 0.3) is 0 Å². The lowest BCUT2D eigenvalue weighted by Gasteiger charge is -2.10. The van der Waals surface area contributed by atoms with Gasteiger partial charge in [0.05, 0.1) is 3.79 Å². The van der Waals surface area contributed by atoms with Crippen LogP contribution < -0.4 is 10.1 Å². The highest BCUT2D eigenvalue weighted by atomic mass is 79.9. The van der Waals surface area contributed by atoms with Crippen LogP contribution in [0, 0.1) is 0 Å². The third-order valence-electron chi connectivity index (χ3n) is 2.97. The molecule has 1 aromatic carbocycles. The van der Waals surface area contributed by atoms with E-state index in [1.165, 1.54) is 10.4 Å². The summed E-state index contributed by atoms with van der Waals surface area (Å²) in [5.74, 6) is 0.922. The second kappa shape index (κ2) is 7.08. The maximum absolute atomic E-state index is 5.77. The van der Waals surface area contributed by atoms with Crippen molar-refractivity contribution in [2.45, 2.75) is 26.0 Å². The molecule has 0 radical (unpaired) electrons. The highest BCUT2D eigenvalue weighted by molar-refractivity contribution is 9.11. The van der Waals surface area contributed by atoms with E-state index in [9.17, 15) is 0 Å². The van der Waals surface area contributed by atoms with Crippen molar-refractivity contribution in [3.63, 3.8) is 0 Å². The smallest absolute Gasteiger partial charge is 0.122 e. The molecule has 102 valence electrons. The van der Waals surface area contributed by atoms with Crippen LogP contribution in [0.25, 0.3) is 0 Å². The summed E-state index contributed by atoms with van der Waals surface area (Å²) in [7, 11) is 1.99. The Bertz CT molecular complexity index is 509. The van der Waals surface area contributed by atoms with Gasteiger partial charge in [-0.25, -0.2) is 0 Å². The van der Waals surface area contributed by atoms with E-state index in [2.05, 4.69) is 46.4 Å². The number of rotatable bonds is 6. The van der Waals surface area contributed by atoms with Crippen LogP contribution in [-0.2, 0) is 13.0 Å². The predicted molar refractivity (Wildman–Crippen MR) is 85.0 cm³/mol. The van der Waals surface area contributed by atoms with E-state index >= 15 is 0 Å². The molecule has 4 heteroatoms. The van der Waals surface area contributed by atoms with Crippen LogP contribution in [0.4, 0.5) is 0 Å². The Balaban J connectivity index is 1.88. The maximum Gasteiger partial charge on any atom is 0.122 e. The topological polar surface area (TPSA) is 21.3 Å². The molecule has 2 aromatic rings. The number of hydrogen-bond donors (Lipinski definition) is 1. The average molecular weight is 340 g/mol. The largest absolute Gasteiger partial charge is 0.488 e. The number of hydrogen-bond acceptors (Lipinski definition) is 3. The second-order valence-corrected chi connectivity index (χ2v) is 7.08. The van der Waals surface area contributed by atoms with E-state index < -0.39 is 0 Å². The Morgan fingerprint density at radius 1 is 1.21 bits per heavy atom. The highest BCUT2D eigenvalue weighted by Gasteiger charge is 2.02. The molecule has 19 heavy (non-hydrogen) atoms. The first-order chi connectivity index (χ1) is 9.17. The van der Waals surface area contributed by atoms with Crippen LogP contribution in [-0.4, -0.2) is 13.1 Å². The van der Waals surface area contributed by atoms with Crippen LogP contribution >= 0.6 is 27.3 Å². The minimum Gasteiger partial charge on any atom is -0.488 e. The quantitative estimate of drug-likeness (QED) is 0.849. The van der Waals surface area contributed by atoms with Crippen molar-refractivity contribution in [2.75, 3.05) is 7.05 Å². The number of nitrogens with one attached hydrogen (secondary N) is 1. The standard InChI is InChI=1S/C15H18BrNOS/c1-11(17-2)9-12-3-5-13(6-4-12)18-10-14-7-8-15(16)19-14/h3-8,11,17H,9-10H2,1-2H3. The van der Waals surface area contributed by atoms with Gasteiger partial charge in [0.2, 0.25) is 0 Å². The molecule has 0 aliphatic rings. The van der Waals surface area contributed by atoms with Crippen molar-refractivity contribution in [3.8, 4) is 5.75 Å². The predicted octanol–water partition coefficient (Wildman–Crippen LogP) is 4.24. The van der Waals surface area contributed by atoms with Gasteiger partial charge in [-0.3, -0.25) is 0 Å². The molecule has 1 unspecified atom stereocenters. The zero-order valence-corrected chi connectivity index (χ0v) is 13.6. The SMILES string of the molecule is CNC(C)Cc1ccc(OCc2ccc(Br)s2)cc1. The molecular formula is C15H18BrNOS. The molecule has 1 N–H and O–H groups in total. The Morgan fingerprint density at radius 2 is 1.95 bits per heavy atom. The van der Waals surface area contributed by atoms with Crippen molar-refractivity contribution in [2.24, 2.45) is 0 Å². The molecule has 0 amide bonds. The van der Waals surface area contributed by atoms with Crippen molar-refractivity contribution in [1.82, 2.24) is 5.32 Å². The van der Waals surface area contributed by atoms with Crippen LogP contribution in [0.15, 0.2) is 40.2 Å². The molecule has 0 saturated heterocycles. The van der Waals surface area contributed by atoms with E-state index in [1.54, 1.807) is 11.3 Å². The summed E-state index contributed by atoms with van der Waals surface area (Å²) >= 11 is 5.16. The van der Waals surface area contributed by atoms with Gasteiger partial charge in [-0.1, -0.05) is 12.1 Å². The molecule has 0 spiro atoms. The number of halogens is 1. The van der Waals surface area contributed by atoms with E-state index in [1.807, 2.05) is 25.2 Å². The first-order valence-electron chi connectivity index (χ1n) is 6.30. The van der Waals surface area contributed by atoms with Gasteiger partial charge in [0, 0.05) is 10.9 Å². The zero-order chi connectivity index (χ0) is 13.7. The van der Waals surface area contributed by atoms with Crippen molar-refractivity contribution in [1.29, 1.82) is 0 Å². The summed E-state index contributed by atoms with van der Waals surface area (Å²) in [6, 6.07) is 13.0. The molecular weight excluding hydrogens is 322 g/mol. The molecule has 2 rings (SSSR count). The van der Waals surface area contributed by atoms with Gasteiger partial charge in [-0.15, -0.1) is 11.3 Å². The third-order valence-corrected chi connectivity index (χ3v) is 4.57. The zero-order valence-electron chi connectivity index (χ0n) is 11.2. The number of benzene rings is 1. The van der Waals surface area contributed by atoms with Gasteiger partial charge < -0.3 is 10.1 Å². The Morgan fingerprint density at radius 3 is 2.53 bits per heavy atom. The van der Waals surface area contributed by atoms with E-state index in [-0.39, 0.29) is 0 Å². The molecule has 1 heterocycles. The molecule has 0 saturated carbocycles. The summed E-state index contributed by atoms with van der Waals surface area (Å²) in [5, 5.41) is 3.24. The minimum absolute atomic E-state index is 0.496. The summed E-state index contributed by atoms with van der Waals surface area (Å²) in [6.45, 7) is 2.81. The molecule has 1 aromatic heterocycles. The van der Waals surface area contributed by atoms with Crippen LogP contribution in [0.3, 0.4) is 0 Å². The summed E-state index contributed by atoms with van der Waals surface area (Å²) in [4.78, 5) is 1.22. The Kier molecular flexibility index (Phi) is 5.43. The highest BCUT2D eigenvalue weighted by Crippen LogP contribution is 2.23. The fourth-order valence-electron chi connectivity index (χ4n) is 1.76. The normalized spacial score (nSPS) is 12.4. The minimum atomic E-state index is 0.496. The lowest BCUT2D eigenvalue weighted by atomic mass is 10.1. The first kappa shape index (κ1) is 14.6. The van der Waals surface area contributed by atoms with E-state index in [4.69, 9.17) is 4.74 Å². The third kappa shape index (κ3) is 4.64. The van der Waals surface area contributed by atoms with Crippen molar-refractivity contribution >= 4 is 27.3 Å². The molecule has 0 aliphatic carbocycles. The molecule has 2 nitrogen and oxygen atoms in total. The maximum atomic E-state index is 5.77. The van der Waals surface area contributed by atoms with E-state index in [0.29, 0.717) is 12.6 Å². The van der Waals surface area contributed by atoms with Gasteiger partial charge >= 0.3 is 0 Å². The number of ether oxygens (including phenoxy) is 1. The average Bonchev–Trinajstić information content (AvgIpc) is 2.83. The van der Waals surface area contributed by atoms with Crippen LogP contribution in [0.5, 0.6) is 5.75 Å². The van der Waals surface area contributed by atoms with Crippen molar-refractivity contribution in [3.05, 3.63) is 50.6 Å². The fraction of sp³-hybridized carbons (Fsp3) is 0.333. The van der Waals surface area contributed by atoms with Gasteiger partial charge in [-0.05, 0) is 66.2 Å². The fourth-order valence-corrected chi connectivity index (χ4v) is 3.16. The van der Waals surface area contributed by atoms with E-state index in [0.717, 1.165) is 16.0 Å². The van der Waals surface area contributed by atoms with Gasteiger partial charge in [-0.2, -0.15) is 0 Å². The van der Waals surface area contributed by atoms with Crippen LogP contribution in [0.1, 0.15) is 17.4 Å². The van der Waals surface area contributed by atoms with Crippen molar-refractivity contribution < 1.29 is 4.74 Å². The summed E-state index contributed by atoms with van der Waals surface area (Å²) < 4.78 is 6.91. The molecule has 1 atom stereocenters. The molecule has 0 aliphatic heterocycles. The Hall–Kier alpha value is -0.840. The van der Waals surface area contributed by atoms with Gasteiger partial charge in [0.1, 0.15) is 12.4 Å². The van der Waals surface area contributed by atoms with Gasteiger partial charge in [0.15, 0.2) is 0 Å².